The molecule has 0 fully saturated rings. The minimum Gasteiger partial charge on any atom is -0.444 e. The standard InChI is InChI=1S/C23H21F2N3O3/c1-15-2-7-19(13-26-15)22(29)27-12-16-5-10-20(11-6-16)28-23(30)31-14-17-3-8-18(9-4-17)21(24)25/h2-11,13,21H,12,14H2,1H3,(H,27,29)(H,28,30). The van der Waals surface area contributed by atoms with Crippen molar-refractivity contribution in [1.29, 1.82) is 0 Å². The van der Waals surface area contributed by atoms with Gasteiger partial charge in [0.1, 0.15) is 6.61 Å². The number of hydrogen-bond acceptors (Lipinski definition) is 4. The van der Waals surface area contributed by atoms with Crippen molar-refractivity contribution in [2.24, 2.45) is 0 Å². The third kappa shape index (κ3) is 6.60. The lowest BCUT2D eigenvalue weighted by molar-refractivity contribution is 0.0950. The van der Waals surface area contributed by atoms with Gasteiger partial charge in [0, 0.05) is 29.7 Å². The number of pyridine rings is 1. The van der Waals surface area contributed by atoms with Crippen LogP contribution in [0, 0.1) is 6.92 Å². The molecule has 0 spiro atoms. The molecular formula is C23H21F2N3O3. The molecule has 2 aromatic carbocycles. The lowest BCUT2D eigenvalue weighted by Gasteiger charge is -2.09. The smallest absolute Gasteiger partial charge is 0.411 e. The molecule has 2 N–H and O–H groups in total. The fourth-order valence-electron chi connectivity index (χ4n) is 2.65. The number of halogens is 2. The molecule has 0 saturated carbocycles. The van der Waals surface area contributed by atoms with Gasteiger partial charge in [-0.1, -0.05) is 36.4 Å². The highest BCUT2D eigenvalue weighted by molar-refractivity contribution is 5.93. The summed E-state index contributed by atoms with van der Waals surface area (Å²) in [6, 6.07) is 16.0. The average molecular weight is 425 g/mol. The van der Waals surface area contributed by atoms with E-state index in [0.29, 0.717) is 23.4 Å². The molecule has 3 rings (SSSR count). The topological polar surface area (TPSA) is 80.3 Å². The maximum atomic E-state index is 12.5. The van der Waals surface area contributed by atoms with Crippen LogP contribution >= 0.6 is 0 Å². The largest absolute Gasteiger partial charge is 0.444 e. The van der Waals surface area contributed by atoms with Crippen LogP contribution in [-0.2, 0) is 17.9 Å². The zero-order valence-corrected chi connectivity index (χ0v) is 16.8. The van der Waals surface area contributed by atoms with E-state index in [1.165, 1.54) is 30.5 Å². The molecule has 6 nitrogen and oxygen atoms in total. The van der Waals surface area contributed by atoms with E-state index in [1.807, 2.05) is 6.92 Å². The molecule has 160 valence electrons. The summed E-state index contributed by atoms with van der Waals surface area (Å²) in [4.78, 5) is 28.1. The number of carbonyl (C=O) groups is 2. The van der Waals surface area contributed by atoms with Gasteiger partial charge in [0.05, 0.1) is 5.56 Å². The van der Waals surface area contributed by atoms with E-state index in [4.69, 9.17) is 4.74 Å². The predicted molar refractivity (Wildman–Crippen MR) is 112 cm³/mol. The Bertz CT molecular complexity index is 1020. The third-order valence-corrected chi connectivity index (χ3v) is 4.43. The maximum Gasteiger partial charge on any atom is 0.411 e. The van der Waals surface area contributed by atoms with E-state index in [1.54, 1.807) is 36.4 Å². The van der Waals surface area contributed by atoms with Gasteiger partial charge in [-0.2, -0.15) is 0 Å². The second-order valence-corrected chi connectivity index (χ2v) is 6.81. The van der Waals surface area contributed by atoms with Crippen LogP contribution in [0.4, 0.5) is 19.3 Å². The second-order valence-electron chi connectivity index (χ2n) is 6.81. The molecule has 0 aliphatic heterocycles. The number of nitrogens with one attached hydrogen (secondary N) is 2. The fraction of sp³-hybridized carbons (Fsp3) is 0.174. The van der Waals surface area contributed by atoms with Crippen LogP contribution in [0.2, 0.25) is 0 Å². The van der Waals surface area contributed by atoms with Gasteiger partial charge in [-0.25, -0.2) is 13.6 Å². The van der Waals surface area contributed by atoms with Crippen molar-refractivity contribution in [3.63, 3.8) is 0 Å². The average Bonchev–Trinajstić information content (AvgIpc) is 2.78. The first-order valence-electron chi connectivity index (χ1n) is 9.51. The molecule has 3 aromatic rings. The summed E-state index contributed by atoms with van der Waals surface area (Å²) >= 11 is 0. The highest BCUT2D eigenvalue weighted by atomic mass is 19.3. The molecule has 31 heavy (non-hydrogen) atoms. The van der Waals surface area contributed by atoms with E-state index < -0.39 is 12.5 Å². The maximum absolute atomic E-state index is 12.5. The Morgan fingerprint density at radius 1 is 0.968 bits per heavy atom. The minimum atomic E-state index is -2.53. The number of nitrogens with zero attached hydrogens (tertiary/aromatic N) is 1. The van der Waals surface area contributed by atoms with Gasteiger partial charge in [0.2, 0.25) is 0 Å². The van der Waals surface area contributed by atoms with E-state index in [2.05, 4.69) is 15.6 Å². The SMILES string of the molecule is Cc1ccc(C(=O)NCc2ccc(NC(=O)OCc3ccc(C(F)F)cc3)cc2)cn1. The monoisotopic (exact) mass is 425 g/mol. The van der Waals surface area contributed by atoms with Gasteiger partial charge < -0.3 is 10.1 Å². The lowest BCUT2D eigenvalue weighted by Crippen LogP contribution is -2.23. The number of rotatable bonds is 7. The Morgan fingerprint density at radius 2 is 1.65 bits per heavy atom. The number of amides is 2. The quantitative estimate of drug-likeness (QED) is 0.558. The Balaban J connectivity index is 1.44. The number of alkyl halides is 2. The van der Waals surface area contributed by atoms with Gasteiger partial charge >= 0.3 is 6.09 Å². The molecule has 0 bridgehead atoms. The molecule has 8 heteroatoms. The first kappa shape index (κ1) is 21.9. The van der Waals surface area contributed by atoms with Crippen LogP contribution in [0.5, 0.6) is 0 Å². The molecular weight excluding hydrogens is 404 g/mol. The Morgan fingerprint density at radius 3 is 2.26 bits per heavy atom. The van der Waals surface area contributed by atoms with Gasteiger partial charge in [-0.3, -0.25) is 15.1 Å². The summed E-state index contributed by atoms with van der Waals surface area (Å²) in [5, 5.41) is 5.39. The van der Waals surface area contributed by atoms with Crippen LogP contribution in [0.3, 0.4) is 0 Å². The normalized spacial score (nSPS) is 10.6. The van der Waals surface area contributed by atoms with Crippen LogP contribution < -0.4 is 10.6 Å². The van der Waals surface area contributed by atoms with E-state index in [-0.39, 0.29) is 18.1 Å². The van der Waals surface area contributed by atoms with Crippen LogP contribution in [-0.4, -0.2) is 17.0 Å². The molecule has 0 atom stereocenters. The number of benzene rings is 2. The summed E-state index contributed by atoms with van der Waals surface area (Å²) < 4.78 is 30.2. The van der Waals surface area contributed by atoms with Crippen LogP contribution in [0.25, 0.3) is 0 Å². The van der Waals surface area contributed by atoms with Crippen molar-refractivity contribution < 1.29 is 23.1 Å². The summed E-state index contributed by atoms with van der Waals surface area (Å²) in [7, 11) is 0. The predicted octanol–water partition coefficient (Wildman–Crippen LogP) is 5.01. The van der Waals surface area contributed by atoms with Crippen molar-refractivity contribution in [3.8, 4) is 0 Å². The molecule has 0 saturated heterocycles. The van der Waals surface area contributed by atoms with E-state index in [0.717, 1.165) is 11.3 Å². The second kappa shape index (κ2) is 10.3. The van der Waals surface area contributed by atoms with Crippen molar-refractivity contribution in [2.75, 3.05) is 5.32 Å². The van der Waals surface area contributed by atoms with Crippen molar-refractivity contribution in [2.45, 2.75) is 26.5 Å². The summed E-state index contributed by atoms with van der Waals surface area (Å²) in [6.07, 6.45) is -1.67. The van der Waals surface area contributed by atoms with Crippen molar-refractivity contribution >= 4 is 17.7 Å². The number of carbonyl (C=O) groups excluding carboxylic acids is 2. The highest BCUT2D eigenvalue weighted by Gasteiger charge is 2.08. The lowest BCUT2D eigenvalue weighted by atomic mass is 10.1. The molecule has 0 aliphatic rings. The molecule has 0 radical (unpaired) electrons. The number of aryl methyl sites for hydroxylation is 1. The zero-order valence-electron chi connectivity index (χ0n) is 16.8. The Labute approximate surface area is 178 Å². The van der Waals surface area contributed by atoms with Gasteiger partial charge in [0.15, 0.2) is 0 Å². The summed E-state index contributed by atoms with van der Waals surface area (Å²) in [5.74, 6) is -0.222. The van der Waals surface area contributed by atoms with Crippen LogP contribution in [0.1, 0.15) is 39.2 Å². The van der Waals surface area contributed by atoms with Gasteiger partial charge in [-0.05, 0) is 42.3 Å². The number of ether oxygens (including phenoxy) is 1. The summed E-state index contributed by atoms with van der Waals surface area (Å²) in [6.45, 7) is 2.14. The number of aromatic nitrogens is 1. The van der Waals surface area contributed by atoms with Crippen LogP contribution in [0.15, 0.2) is 66.9 Å². The van der Waals surface area contributed by atoms with Crippen molar-refractivity contribution in [1.82, 2.24) is 10.3 Å². The van der Waals surface area contributed by atoms with Crippen molar-refractivity contribution in [3.05, 3.63) is 94.8 Å². The fourth-order valence-corrected chi connectivity index (χ4v) is 2.65. The summed E-state index contributed by atoms with van der Waals surface area (Å²) in [5.41, 5.74) is 3.22. The zero-order chi connectivity index (χ0) is 22.2. The first-order valence-corrected chi connectivity index (χ1v) is 9.51. The first-order chi connectivity index (χ1) is 14.9. The Hall–Kier alpha value is -3.81. The number of hydrogen-bond donors (Lipinski definition) is 2. The molecule has 1 heterocycles. The van der Waals surface area contributed by atoms with E-state index >= 15 is 0 Å². The molecule has 0 unspecified atom stereocenters. The minimum absolute atomic E-state index is 0.0344. The Kier molecular flexibility index (Phi) is 7.26. The van der Waals surface area contributed by atoms with Gasteiger partial charge in [-0.15, -0.1) is 0 Å². The third-order valence-electron chi connectivity index (χ3n) is 4.43. The molecule has 2 amide bonds. The molecule has 1 aromatic heterocycles. The number of anilines is 1. The van der Waals surface area contributed by atoms with E-state index in [9.17, 15) is 18.4 Å². The molecule has 0 aliphatic carbocycles. The van der Waals surface area contributed by atoms with Gasteiger partial charge in [0.25, 0.3) is 12.3 Å². The highest BCUT2D eigenvalue weighted by Crippen LogP contribution is 2.19.